The Morgan fingerprint density at radius 2 is 1.82 bits per heavy atom. The summed E-state index contributed by atoms with van der Waals surface area (Å²) in [5, 5.41) is 4.68. The van der Waals surface area contributed by atoms with E-state index < -0.39 is 17.7 Å². The second kappa shape index (κ2) is 12.4. The number of ether oxygens (including phenoxy) is 1. The van der Waals surface area contributed by atoms with E-state index in [4.69, 9.17) is 39.5 Å². The molecule has 13 heteroatoms. The summed E-state index contributed by atoms with van der Waals surface area (Å²) in [7, 11) is 0. The highest BCUT2D eigenvalue weighted by molar-refractivity contribution is 7.99. The Bertz CT molecular complexity index is 1170. The molecular weight excluding hydrogens is 571 g/mol. The molecule has 1 N–H and O–H groups in total. The van der Waals surface area contributed by atoms with Crippen LogP contribution in [0.3, 0.4) is 0 Å². The fourth-order valence-electron chi connectivity index (χ4n) is 4.17. The van der Waals surface area contributed by atoms with E-state index in [1.165, 1.54) is 0 Å². The van der Waals surface area contributed by atoms with Crippen molar-refractivity contribution in [3.63, 3.8) is 0 Å². The highest BCUT2D eigenvalue weighted by atomic mass is 35.5. The Morgan fingerprint density at radius 1 is 1.08 bits per heavy atom. The molecule has 9 nitrogen and oxygen atoms in total. The van der Waals surface area contributed by atoms with Crippen LogP contribution in [0.4, 0.5) is 16.6 Å². The third kappa shape index (κ3) is 7.49. The minimum Gasteiger partial charge on any atom is -0.444 e. The van der Waals surface area contributed by atoms with Crippen LogP contribution in [-0.2, 0) is 16.1 Å². The van der Waals surface area contributed by atoms with Gasteiger partial charge >= 0.3 is 6.09 Å². The van der Waals surface area contributed by atoms with Crippen LogP contribution in [0.2, 0.25) is 15.2 Å². The van der Waals surface area contributed by atoms with E-state index in [2.05, 4.69) is 15.3 Å². The van der Waals surface area contributed by atoms with Gasteiger partial charge in [0.25, 0.3) is 0 Å². The lowest BCUT2D eigenvalue weighted by molar-refractivity contribution is -0.136. The quantitative estimate of drug-likeness (QED) is 0.476. The molecule has 0 bridgehead atoms. The first-order valence-electron chi connectivity index (χ1n) is 12.3. The van der Waals surface area contributed by atoms with Crippen molar-refractivity contribution in [3.8, 4) is 0 Å². The van der Waals surface area contributed by atoms with E-state index >= 15 is 0 Å². The van der Waals surface area contributed by atoms with Crippen molar-refractivity contribution in [2.45, 2.75) is 39.0 Å². The normalized spacial score (nSPS) is 18.4. The van der Waals surface area contributed by atoms with Crippen LogP contribution >= 0.6 is 46.6 Å². The number of hydrogen-bond acceptors (Lipinski definition) is 8. The highest BCUT2D eigenvalue weighted by Crippen LogP contribution is 2.25. The maximum Gasteiger partial charge on any atom is 0.411 e. The number of aromatic nitrogens is 2. The lowest BCUT2D eigenvalue weighted by atomic mass is 10.2. The van der Waals surface area contributed by atoms with Crippen LogP contribution in [-0.4, -0.2) is 87.6 Å². The first kappa shape index (κ1) is 28.9. The minimum atomic E-state index is -0.618. The summed E-state index contributed by atoms with van der Waals surface area (Å²) in [6, 6.07) is 6.45. The third-order valence-corrected chi connectivity index (χ3v) is 7.88. The van der Waals surface area contributed by atoms with E-state index in [1.54, 1.807) is 39.8 Å². The number of thioether (sulfide) groups is 1. The summed E-state index contributed by atoms with van der Waals surface area (Å²) in [6.45, 7) is 8.47. The van der Waals surface area contributed by atoms with Crippen LogP contribution in [0.1, 0.15) is 26.3 Å². The molecule has 38 heavy (non-hydrogen) atoms. The summed E-state index contributed by atoms with van der Waals surface area (Å²) in [5.74, 6) is 2.33. The highest BCUT2D eigenvalue weighted by Gasteiger charge is 2.38. The molecule has 1 aromatic carbocycles. The zero-order valence-corrected chi connectivity index (χ0v) is 24.6. The maximum absolute atomic E-state index is 13.4. The first-order valence-corrected chi connectivity index (χ1v) is 14.6. The molecule has 1 aromatic heterocycles. The summed E-state index contributed by atoms with van der Waals surface area (Å²) in [4.78, 5) is 40.6. The molecule has 0 radical (unpaired) electrons. The molecule has 2 fully saturated rings. The van der Waals surface area contributed by atoms with E-state index in [9.17, 15) is 9.59 Å². The fourth-order valence-corrected chi connectivity index (χ4v) is 5.87. The summed E-state index contributed by atoms with van der Waals surface area (Å²) in [6.07, 6.45) is -0.443. The van der Waals surface area contributed by atoms with Crippen LogP contribution in [0.5, 0.6) is 0 Å². The molecule has 0 spiro atoms. The summed E-state index contributed by atoms with van der Waals surface area (Å²) >= 11 is 20.2. The molecule has 0 aliphatic carbocycles. The van der Waals surface area contributed by atoms with E-state index in [-0.39, 0.29) is 5.91 Å². The van der Waals surface area contributed by atoms with Crippen molar-refractivity contribution < 1.29 is 14.3 Å². The zero-order chi connectivity index (χ0) is 27.4. The lowest BCUT2D eigenvalue weighted by Gasteiger charge is -2.40. The van der Waals surface area contributed by atoms with Crippen molar-refractivity contribution in [2.24, 2.45) is 0 Å². The van der Waals surface area contributed by atoms with Crippen LogP contribution in [0, 0.1) is 0 Å². The number of benzene rings is 1. The average molecular weight is 602 g/mol. The topological polar surface area (TPSA) is 90.9 Å². The van der Waals surface area contributed by atoms with Gasteiger partial charge in [-0.1, -0.05) is 40.9 Å². The van der Waals surface area contributed by atoms with Gasteiger partial charge in [0.05, 0.1) is 0 Å². The van der Waals surface area contributed by atoms with Crippen molar-refractivity contribution in [1.29, 1.82) is 0 Å². The van der Waals surface area contributed by atoms with Gasteiger partial charge < -0.3 is 19.9 Å². The molecule has 2 amide bonds. The molecule has 2 aromatic rings. The van der Waals surface area contributed by atoms with Gasteiger partial charge in [-0.05, 0) is 38.5 Å². The van der Waals surface area contributed by atoms with Crippen LogP contribution in [0.25, 0.3) is 0 Å². The van der Waals surface area contributed by atoms with Crippen molar-refractivity contribution in [3.05, 3.63) is 45.0 Å². The second-order valence-electron chi connectivity index (χ2n) is 10.0. The number of carbonyl (C=O) groups is 2. The Balaban J connectivity index is 1.37. The first-order chi connectivity index (χ1) is 18.0. The fraction of sp³-hybridized carbons (Fsp3) is 0.520. The van der Waals surface area contributed by atoms with Crippen LogP contribution in [0.15, 0.2) is 24.3 Å². The number of carbonyl (C=O) groups excluding carboxylic acids is 2. The Morgan fingerprint density at radius 3 is 2.50 bits per heavy atom. The molecule has 2 saturated heterocycles. The molecule has 2 aliphatic heterocycles. The Hall–Kier alpha value is -2.14. The molecule has 1 unspecified atom stereocenters. The predicted molar refractivity (Wildman–Crippen MR) is 154 cm³/mol. The van der Waals surface area contributed by atoms with Gasteiger partial charge in [0, 0.05) is 66.9 Å². The Labute approximate surface area is 242 Å². The van der Waals surface area contributed by atoms with E-state index in [1.807, 2.05) is 31.7 Å². The van der Waals surface area contributed by atoms with Gasteiger partial charge in [-0.25, -0.2) is 9.78 Å². The Kier molecular flexibility index (Phi) is 9.39. The number of rotatable bonds is 5. The summed E-state index contributed by atoms with van der Waals surface area (Å²) < 4.78 is 5.55. The van der Waals surface area contributed by atoms with E-state index in [0.717, 1.165) is 11.3 Å². The number of hydrogen-bond donors (Lipinski definition) is 1. The van der Waals surface area contributed by atoms with E-state index in [0.29, 0.717) is 72.0 Å². The lowest BCUT2D eigenvalue weighted by Crippen LogP contribution is -2.59. The maximum atomic E-state index is 13.4. The SMILES string of the molecule is CC(C)(C)OC(=O)N1CCSCC1C(=O)N1CCN(c2nc(Cl)cc(NCc3ccc(Cl)cc3Cl)n2)CC1. The number of halogens is 3. The number of amides is 2. The van der Waals surface area contributed by atoms with Crippen molar-refractivity contribution in [1.82, 2.24) is 19.8 Å². The van der Waals surface area contributed by atoms with Gasteiger partial charge in [0.2, 0.25) is 11.9 Å². The van der Waals surface area contributed by atoms with Gasteiger partial charge in [-0.3, -0.25) is 9.69 Å². The molecule has 2 aliphatic rings. The molecular formula is C25H31Cl3N6O3S. The standard InChI is InChI=1S/C25H31Cl3N6O3S/c1-25(2,3)37-24(36)34-10-11-38-15-19(34)22(35)32-6-8-33(9-7-32)23-30-20(28)13-21(31-23)29-14-16-4-5-17(26)12-18(16)27/h4-5,12-13,19H,6-11,14-15H2,1-3H3,(H,29,30,31). The van der Waals surface area contributed by atoms with Crippen molar-refractivity contribution in [2.75, 3.05) is 54.4 Å². The van der Waals surface area contributed by atoms with Gasteiger partial charge in [-0.15, -0.1) is 0 Å². The smallest absolute Gasteiger partial charge is 0.411 e. The average Bonchev–Trinajstić information content (AvgIpc) is 2.86. The molecule has 0 saturated carbocycles. The van der Waals surface area contributed by atoms with Gasteiger partial charge in [0.1, 0.15) is 22.6 Å². The number of nitrogens with zero attached hydrogens (tertiary/aromatic N) is 5. The van der Waals surface area contributed by atoms with Crippen molar-refractivity contribution >= 4 is 70.3 Å². The zero-order valence-electron chi connectivity index (χ0n) is 21.5. The minimum absolute atomic E-state index is 0.0584. The van der Waals surface area contributed by atoms with Gasteiger partial charge in [-0.2, -0.15) is 16.7 Å². The predicted octanol–water partition coefficient (Wildman–Crippen LogP) is 5.05. The van der Waals surface area contributed by atoms with Crippen LogP contribution < -0.4 is 10.2 Å². The molecule has 3 heterocycles. The monoisotopic (exact) mass is 600 g/mol. The number of piperazine rings is 1. The second-order valence-corrected chi connectivity index (χ2v) is 12.4. The number of anilines is 2. The third-order valence-electron chi connectivity index (χ3n) is 6.07. The molecule has 206 valence electrons. The number of nitrogens with one attached hydrogen (secondary N) is 1. The molecule has 1 atom stereocenters. The largest absolute Gasteiger partial charge is 0.444 e. The summed E-state index contributed by atoms with van der Waals surface area (Å²) in [5.41, 5.74) is 0.257. The molecule has 4 rings (SSSR count). The van der Waals surface area contributed by atoms with Gasteiger partial charge in [0.15, 0.2) is 0 Å².